The van der Waals surface area contributed by atoms with E-state index in [0.29, 0.717) is 12.8 Å². The van der Waals surface area contributed by atoms with Gasteiger partial charge < -0.3 is 59.4 Å². The minimum Gasteiger partial charge on any atom is -0.389 e. The van der Waals surface area contributed by atoms with Crippen LogP contribution < -0.4 is 0 Å². The molecule has 1 saturated carbocycles. The highest BCUT2D eigenvalue weighted by Crippen LogP contribution is 2.66. The minimum absolute atomic E-state index is 0.254. The predicted octanol–water partition coefficient (Wildman–Crippen LogP) is -2.08. The van der Waals surface area contributed by atoms with Crippen molar-refractivity contribution in [2.75, 3.05) is 13.2 Å². The molecule has 12 nitrogen and oxygen atoms in total. The molecule has 0 amide bonds. The fourth-order valence-electron chi connectivity index (χ4n) is 5.88. The quantitative estimate of drug-likeness (QED) is 0.143. The van der Waals surface area contributed by atoms with Gasteiger partial charge in [0, 0.05) is 11.8 Å². The monoisotopic (exact) mass is 520 g/mol. The Balaban J connectivity index is 1.39. The maximum Gasteiger partial charge on any atom is 0.186 e. The number of hydrogen-bond acceptors (Lipinski definition) is 12. The third-order valence-electron chi connectivity index (χ3n) is 7.97. The largest absolute Gasteiger partial charge is 0.389 e. The predicted molar refractivity (Wildman–Crippen MR) is 121 cm³/mol. The van der Waals surface area contributed by atoms with Crippen molar-refractivity contribution in [3.8, 4) is 0 Å². The molecule has 0 aromatic carbocycles. The average molecular weight is 521 g/mol. The highest BCUT2D eigenvalue weighted by molar-refractivity contribution is 5.32. The summed E-state index contributed by atoms with van der Waals surface area (Å²) in [7, 11) is 0. The molecule has 0 unspecified atom stereocenters. The maximum absolute atomic E-state index is 10.5. The van der Waals surface area contributed by atoms with Crippen LogP contribution in [0.1, 0.15) is 40.5 Å². The molecule has 12 heteroatoms. The molecular weight excluding hydrogens is 480 g/mol. The molecule has 0 spiro atoms. The van der Waals surface area contributed by atoms with Crippen LogP contribution >= 0.6 is 0 Å². The molecule has 0 radical (unpaired) electrons. The Morgan fingerprint density at radius 1 is 0.917 bits per heavy atom. The molecule has 0 aromatic heterocycles. The zero-order valence-corrected chi connectivity index (χ0v) is 21.0. The van der Waals surface area contributed by atoms with Gasteiger partial charge in [-0.15, -0.1) is 0 Å². The molecule has 1 aliphatic carbocycles. The first kappa shape index (κ1) is 28.3. The molecule has 3 aliphatic heterocycles. The molecule has 0 aromatic rings. The van der Waals surface area contributed by atoms with Gasteiger partial charge in [0.25, 0.3) is 0 Å². The number of ether oxygens (including phenoxy) is 5. The van der Waals surface area contributed by atoms with E-state index in [1.165, 1.54) is 0 Å². The number of fused-ring (bicyclic) bond motifs is 1. The van der Waals surface area contributed by atoms with E-state index < -0.39 is 78.7 Å². The Bertz CT molecular complexity index is 806. The summed E-state index contributed by atoms with van der Waals surface area (Å²) in [5.41, 5.74) is -1.49. The lowest BCUT2D eigenvalue weighted by atomic mass is 9.63. The van der Waals surface area contributed by atoms with Crippen molar-refractivity contribution >= 4 is 0 Å². The summed E-state index contributed by atoms with van der Waals surface area (Å²) < 4.78 is 28.7. The van der Waals surface area contributed by atoms with E-state index in [0.717, 1.165) is 0 Å². The van der Waals surface area contributed by atoms with Crippen molar-refractivity contribution < 1.29 is 59.4 Å². The average Bonchev–Trinajstić information content (AvgIpc) is 3.43. The fraction of sp³-hybridized carbons (Fsp3) is 0.917. The Kier molecular flexibility index (Phi) is 7.93. The number of aliphatic hydroxyl groups excluding tert-OH is 7. The van der Waals surface area contributed by atoms with E-state index in [2.05, 4.69) is 0 Å². The summed E-state index contributed by atoms with van der Waals surface area (Å²) in [6, 6.07) is 0. The van der Waals surface area contributed by atoms with Gasteiger partial charge in [0.05, 0.1) is 25.4 Å². The van der Waals surface area contributed by atoms with Crippen LogP contribution in [0.5, 0.6) is 0 Å². The molecule has 4 rings (SSSR count). The van der Waals surface area contributed by atoms with Crippen LogP contribution in [-0.4, -0.2) is 128 Å². The summed E-state index contributed by atoms with van der Waals surface area (Å²) in [5, 5.41) is 70.5. The first-order chi connectivity index (χ1) is 16.7. The van der Waals surface area contributed by atoms with Crippen LogP contribution in [0.25, 0.3) is 0 Å². The third kappa shape index (κ3) is 4.99. The highest BCUT2D eigenvalue weighted by Gasteiger charge is 2.75. The Morgan fingerprint density at radius 3 is 2.22 bits per heavy atom. The van der Waals surface area contributed by atoms with Crippen molar-refractivity contribution in [3.63, 3.8) is 0 Å². The van der Waals surface area contributed by atoms with Gasteiger partial charge in [0.2, 0.25) is 0 Å². The lowest BCUT2D eigenvalue weighted by molar-refractivity contribution is -0.330. The first-order valence-corrected chi connectivity index (χ1v) is 12.4. The molecule has 4 aliphatic rings. The van der Waals surface area contributed by atoms with Gasteiger partial charge in [-0.3, -0.25) is 0 Å². The maximum atomic E-state index is 10.5. The van der Waals surface area contributed by atoms with Gasteiger partial charge in [-0.05, 0) is 20.3 Å². The van der Waals surface area contributed by atoms with E-state index in [9.17, 15) is 35.7 Å². The van der Waals surface area contributed by atoms with E-state index in [1.54, 1.807) is 13.0 Å². The molecule has 0 bridgehead atoms. The number of hydrogen-bond donors (Lipinski definition) is 7. The van der Waals surface area contributed by atoms with Gasteiger partial charge in [0.15, 0.2) is 12.6 Å². The molecule has 3 heterocycles. The highest BCUT2D eigenvalue weighted by atomic mass is 16.7. The smallest absolute Gasteiger partial charge is 0.186 e. The van der Waals surface area contributed by atoms with E-state index in [4.69, 9.17) is 23.7 Å². The zero-order chi connectivity index (χ0) is 26.6. The minimum atomic E-state index is -1.58. The van der Waals surface area contributed by atoms with Crippen LogP contribution in [0.4, 0.5) is 0 Å². The lowest BCUT2D eigenvalue weighted by Crippen LogP contribution is -2.61. The third-order valence-corrected chi connectivity index (χ3v) is 7.97. The zero-order valence-electron chi connectivity index (χ0n) is 21.0. The Morgan fingerprint density at radius 2 is 1.58 bits per heavy atom. The van der Waals surface area contributed by atoms with Crippen molar-refractivity contribution in [2.45, 2.75) is 119 Å². The molecule has 3 saturated heterocycles. The molecule has 13 atom stereocenters. The Hall–Kier alpha value is -0.740. The van der Waals surface area contributed by atoms with Crippen molar-refractivity contribution in [1.82, 2.24) is 0 Å². The Labute approximate surface area is 210 Å². The van der Waals surface area contributed by atoms with Gasteiger partial charge in [-0.25, -0.2) is 0 Å². The van der Waals surface area contributed by atoms with Gasteiger partial charge in [-0.1, -0.05) is 26.0 Å². The topological polar surface area (TPSA) is 191 Å². The number of aliphatic hydroxyl groups is 7. The molecule has 7 N–H and O–H groups in total. The molecular formula is C24H40O12. The van der Waals surface area contributed by atoms with E-state index >= 15 is 0 Å². The molecule has 4 fully saturated rings. The van der Waals surface area contributed by atoms with Gasteiger partial charge >= 0.3 is 0 Å². The summed E-state index contributed by atoms with van der Waals surface area (Å²) in [5.74, 6) is 0. The van der Waals surface area contributed by atoms with Crippen LogP contribution in [0.3, 0.4) is 0 Å². The lowest BCUT2D eigenvalue weighted by Gasteiger charge is -2.45. The van der Waals surface area contributed by atoms with Crippen molar-refractivity contribution in [1.29, 1.82) is 0 Å². The van der Waals surface area contributed by atoms with Gasteiger partial charge in [-0.2, -0.15) is 0 Å². The van der Waals surface area contributed by atoms with Crippen LogP contribution in [-0.2, 0) is 23.7 Å². The van der Waals surface area contributed by atoms with Crippen LogP contribution in [0.15, 0.2) is 12.2 Å². The first-order valence-electron chi connectivity index (χ1n) is 12.4. The second-order valence-corrected chi connectivity index (χ2v) is 11.3. The van der Waals surface area contributed by atoms with Crippen LogP contribution in [0.2, 0.25) is 0 Å². The fourth-order valence-corrected chi connectivity index (χ4v) is 5.88. The SMILES string of the molecule is C[C@@H](O)/C=C/[C@@]12O[C@]1(C)C[C@@H](O[C@@H]1O[C@H](CO[C@@H]3OC[C@@H](O)[C@H](O)[C@H]3O)[C@@H](O)[C@H](O)[C@H]1O)CC2(C)C. The number of epoxide rings is 1. The van der Waals surface area contributed by atoms with E-state index in [-0.39, 0.29) is 18.6 Å². The summed E-state index contributed by atoms with van der Waals surface area (Å²) >= 11 is 0. The van der Waals surface area contributed by atoms with E-state index in [1.807, 2.05) is 26.8 Å². The van der Waals surface area contributed by atoms with Crippen molar-refractivity contribution in [2.24, 2.45) is 5.41 Å². The second-order valence-electron chi connectivity index (χ2n) is 11.3. The van der Waals surface area contributed by atoms with Crippen molar-refractivity contribution in [3.05, 3.63) is 12.2 Å². The number of rotatable bonds is 7. The van der Waals surface area contributed by atoms with Crippen LogP contribution in [0, 0.1) is 5.41 Å². The summed E-state index contributed by atoms with van der Waals surface area (Å²) in [4.78, 5) is 0. The molecule has 208 valence electrons. The van der Waals surface area contributed by atoms with Gasteiger partial charge in [0.1, 0.15) is 53.9 Å². The molecule has 36 heavy (non-hydrogen) atoms. The summed E-state index contributed by atoms with van der Waals surface area (Å²) in [6.07, 6.45) is -8.93. The second kappa shape index (κ2) is 10.1. The summed E-state index contributed by atoms with van der Waals surface area (Å²) in [6.45, 7) is 7.10. The standard InChI is InChI=1S/C24H40O12/c1-11(25)5-6-24-22(2,3)7-12(8-23(24,4)36-24)34-21-19(31)17(29)16(28)14(35-21)10-33-20-18(30)15(27)13(26)9-32-20/h5-6,11-21,25-31H,7-10H2,1-4H3/b6-5+/t11-,12+,13-,14-,15+,16-,17+,18-,19-,20+,21-,23-,24+/m1/s1. The normalized spacial score (nSPS) is 51.6.